The van der Waals surface area contributed by atoms with Gasteiger partial charge in [0, 0.05) is 15.4 Å². The summed E-state index contributed by atoms with van der Waals surface area (Å²) in [7, 11) is 0.750. The summed E-state index contributed by atoms with van der Waals surface area (Å²) >= 11 is 0. The molecule has 2 rings (SSSR count). The van der Waals surface area contributed by atoms with Crippen LogP contribution in [0.4, 0.5) is 0 Å². The Morgan fingerprint density at radius 1 is 0.721 bits per heavy atom. The Morgan fingerprint density at radius 3 is 1.56 bits per heavy atom. The molecule has 0 aromatic carbocycles. The minimum absolute atomic E-state index is 0. The van der Waals surface area contributed by atoms with E-state index in [-0.39, 0.29) is 58.4 Å². The molecule has 0 aromatic rings. The molecule has 1 amide bonds. The summed E-state index contributed by atoms with van der Waals surface area (Å²) in [6.07, 6.45) is 35.0. The molecular formula is C37H70Cl2NOSiTi. The minimum atomic E-state index is -0.327. The van der Waals surface area contributed by atoms with E-state index >= 15 is 0 Å². The zero-order valence-electron chi connectivity index (χ0n) is 29.4. The normalized spacial score (nSPS) is 17.6. The third kappa shape index (κ3) is 27.3. The van der Waals surface area contributed by atoms with Crippen molar-refractivity contribution < 1.29 is 51.3 Å². The summed E-state index contributed by atoms with van der Waals surface area (Å²) in [4.78, 5) is 11.1. The summed E-state index contributed by atoms with van der Waals surface area (Å²) in [5.41, 5.74) is 12.2. The summed E-state index contributed by atoms with van der Waals surface area (Å²) in [6.45, 7) is 13.7. The van der Waals surface area contributed by atoms with E-state index in [2.05, 4.69) is 46.9 Å². The number of nitrogens with one attached hydrogen (secondary N) is 1. The van der Waals surface area contributed by atoms with Crippen molar-refractivity contribution in [3.05, 3.63) is 28.5 Å². The van der Waals surface area contributed by atoms with Gasteiger partial charge in [-0.25, -0.2) is 5.57 Å². The molecule has 1 atom stereocenters. The van der Waals surface area contributed by atoms with Gasteiger partial charge in [0.25, 0.3) is 0 Å². The summed E-state index contributed by atoms with van der Waals surface area (Å²) < 4.78 is 0. The van der Waals surface area contributed by atoms with E-state index in [9.17, 15) is 4.79 Å². The molecule has 251 valence electrons. The van der Waals surface area contributed by atoms with Crippen LogP contribution < -0.4 is 24.8 Å². The third-order valence-electron chi connectivity index (χ3n) is 8.57. The second-order valence-corrected chi connectivity index (χ2v) is 13.6. The first-order valence-corrected chi connectivity index (χ1v) is 20.1. The molecule has 2 nitrogen and oxygen atoms in total. The predicted molar refractivity (Wildman–Crippen MR) is 182 cm³/mol. The molecule has 1 saturated carbocycles. The van der Waals surface area contributed by atoms with E-state index < -0.39 is 0 Å². The number of hydrogen-bond donors (Lipinski definition) is 0. The van der Waals surface area contributed by atoms with Crippen molar-refractivity contribution in [3.63, 3.8) is 0 Å². The third-order valence-corrected chi connectivity index (χ3v) is 8.57. The fourth-order valence-corrected chi connectivity index (χ4v) is 6.13. The average molecular weight is 692 g/mol. The van der Waals surface area contributed by atoms with Crippen LogP contribution >= 0.6 is 0 Å². The molecule has 0 aliphatic heterocycles. The Hall–Kier alpha value is 0.461. The van der Waals surface area contributed by atoms with Crippen molar-refractivity contribution >= 4 is 15.4 Å². The van der Waals surface area contributed by atoms with Crippen LogP contribution in [0.15, 0.2) is 16.7 Å². The minimum Gasteiger partial charge on any atom is -1.00 e. The van der Waals surface area contributed by atoms with Gasteiger partial charge in [-0.3, -0.25) is 6.08 Å². The van der Waals surface area contributed by atoms with Crippen LogP contribution in [0, 0.1) is 17.9 Å². The van der Waals surface area contributed by atoms with Gasteiger partial charge in [-0.05, 0) is 19.3 Å². The van der Waals surface area contributed by atoms with Gasteiger partial charge in [-0.1, -0.05) is 182 Å². The van der Waals surface area contributed by atoms with Crippen molar-refractivity contribution in [1.82, 2.24) is 0 Å². The van der Waals surface area contributed by atoms with Crippen molar-refractivity contribution in [2.45, 2.75) is 195 Å². The average Bonchev–Trinajstić information content (AvgIpc) is 3.23. The quantitative estimate of drug-likeness (QED) is 0.112. The van der Waals surface area contributed by atoms with E-state index in [0.717, 1.165) is 35.2 Å². The Kier molecular flexibility index (Phi) is 43.2. The molecule has 2 aliphatic rings. The van der Waals surface area contributed by atoms with Gasteiger partial charge in [-0.2, -0.15) is 11.1 Å². The molecule has 1 radical (unpaired) electrons. The first-order chi connectivity index (χ1) is 19.5. The summed E-state index contributed by atoms with van der Waals surface area (Å²) in [6, 6.07) is 0. The van der Waals surface area contributed by atoms with Crippen LogP contribution in [0.3, 0.4) is 0 Å². The summed E-state index contributed by atoms with van der Waals surface area (Å²) in [5, 5.41) is 0. The second-order valence-electron chi connectivity index (χ2n) is 12.4. The number of rotatable bonds is 14. The van der Waals surface area contributed by atoms with Gasteiger partial charge in [-0.15, -0.1) is 0 Å². The van der Waals surface area contributed by atoms with Gasteiger partial charge < -0.3 is 35.3 Å². The van der Waals surface area contributed by atoms with Crippen LogP contribution in [0.25, 0.3) is 5.73 Å². The largest absolute Gasteiger partial charge is 4.00 e. The Balaban J connectivity index is -0.000000318. The van der Waals surface area contributed by atoms with E-state index in [4.69, 9.17) is 5.73 Å². The van der Waals surface area contributed by atoms with Crippen molar-refractivity contribution in [3.8, 4) is 0 Å². The van der Waals surface area contributed by atoms with Crippen LogP contribution in [0.2, 0.25) is 13.1 Å². The number of halogens is 2. The fraction of sp³-hybridized carbons (Fsp3) is 0.865. The molecule has 0 bridgehead atoms. The van der Waals surface area contributed by atoms with Crippen molar-refractivity contribution in [2.75, 3.05) is 0 Å². The standard InChI is InChI=1S/C22H39.C13H25NO.C2H7Si.2ClH.Ti/c1-5-8-10-12-13-15-16-21-19(4)18-20(7-3)22(21)17-14-11-9-6-2;14-13(15)12-10-8-6-4-2-1-3-5-7-9-11-12;1-3-2;;;/h19H,5-17H2,1-4H3;12H,1-11H2,(H2,14,15);3H,1-2H3;2*1H;/q-1;;;;;+4/p-3. The number of carbonyl (C=O) groups is 1. The number of amides is 1. The molecule has 43 heavy (non-hydrogen) atoms. The fourth-order valence-electron chi connectivity index (χ4n) is 6.13. The monoisotopic (exact) mass is 690 g/mol. The molecule has 0 spiro atoms. The number of unbranched alkanes of at least 4 members (excludes halogenated alkanes) is 8. The van der Waals surface area contributed by atoms with Crippen molar-refractivity contribution in [1.29, 1.82) is 0 Å². The van der Waals surface area contributed by atoms with Crippen LogP contribution in [-0.2, 0) is 26.5 Å². The van der Waals surface area contributed by atoms with Gasteiger partial charge in [0.05, 0.1) is 5.91 Å². The zero-order valence-corrected chi connectivity index (χ0v) is 33.6. The SMILES string of the molecule is CCCCCCCCC1=C(CCCCCC)C(CC)=[C-]C1C.C[SiH]C.[Cl-].[Cl-].[NH-]C(=O)C1CCCCCCCCCCC1.[Ti+4]. The Morgan fingerprint density at radius 2 is 1.12 bits per heavy atom. The maximum atomic E-state index is 11.1. The molecule has 0 aromatic heterocycles. The van der Waals surface area contributed by atoms with Crippen LogP contribution in [0.1, 0.15) is 182 Å². The maximum Gasteiger partial charge on any atom is 4.00 e. The Bertz CT molecular complexity index is 659. The number of allylic oxidation sites excluding steroid dienone is 4. The molecule has 1 unspecified atom stereocenters. The maximum absolute atomic E-state index is 11.1. The van der Waals surface area contributed by atoms with Gasteiger partial charge in [0.1, 0.15) is 0 Å². The second kappa shape index (κ2) is 36.9. The van der Waals surface area contributed by atoms with Crippen LogP contribution in [-0.4, -0.2) is 15.4 Å². The first kappa shape index (κ1) is 50.3. The molecule has 0 heterocycles. The van der Waals surface area contributed by atoms with Gasteiger partial charge in [0.15, 0.2) is 0 Å². The topological polar surface area (TPSA) is 40.9 Å². The first-order valence-electron chi connectivity index (χ1n) is 17.8. The molecule has 2 aliphatic carbocycles. The van der Waals surface area contributed by atoms with E-state index in [1.54, 1.807) is 16.7 Å². The molecule has 6 heteroatoms. The van der Waals surface area contributed by atoms with Gasteiger partial charge >= 0.3 is 21.7 Å². The van der Waals surface area contributed by atoms with Crippen molar-refractivity contribution in [2.24, 2.45) is 11.8 Å². The van der Waals surface area contributed by atoms with E-state index in [0.29, 0.717) is 5.92 Å². The molecule has 0 saturated heterocycles. The van der Waals surface area contributed by atoms with E-state index in [1.165, 1.54) is 128 Å². The van der Waals surface area contributed by atoms with Gasteiger partial charge in [0.2, 0.25) is 0 Å². The predicted octanol–water partition coefficient (Wildman–Crippen LogP) is 6.80. The zero-order chi connectivity index (χ0) is 29.8. The Labute approximate surface area is 300 Å². The van der Waals surface area contributed by atoms with Crippen LogP contribution in [0.5, 0.6) is 0 Å². The summed E-state index contributed by atoms with van der Waals surface area (Å²) in [5.74, 6) is 0.309. The molecule has 1 N–H and O–H groups in total. The number of carbonyl (C=O) groups excluding carboxylic acids is 1. The van der Waals surface area contributed by atoms with E-state index in [1.807, 2.05) is 0 Å². The molecular weight excluding hydrogens is 621 g/mol. The smallest absolute Gasteiger partial charge is 1.00 e. The molecule has 1 fully saturated rings. The number of hydrogen-bond acceptors (Lipinski definition) is 1.